The van der Waals surface area contributed by atoms with E-state index in [0.717, 1.165) is 44.3 Å². The van der Waals surface area contributed by atoms with Gasteiger partial charge >= 0.3 is 5.97 Å². The van der Waals surface area contributed by atoms with E-state index in [9.17, 15) is 9.59 Å². The van der Waals surface area contributed by atoms with E-state index in [0.29, 0.717) is 12.1 Å². The third-order valence-electron chi connectivity index (χ3n) is 4.57. The van der Waals surface area contributed by atoms with Crippen LogP contribution in [0.4, 0.5) is 0 Å². The zero-order valence-corrected chi connectivity index (χ0v) is 14.6. The summed E-state index contributed by atoms with van der Waals surface area (Å²) in [6.45, 7) is 6.55. The molecule has 5 heteroatoms. The molecule has 2 unspecified atom stereocenters. The largest absolute Gasteiger partial charge is 0.478 e. The average molecular weight is 332 g/mol. The van der Waals surface area contributed by atoms with Crippen molar-refractivity contribution >= 4 is 11.9 Å². The van der Waals surface area contributed by atoms with Gasteiger partial charge in [-0.2, -0.15) is 0 Å². The normalized spacial score (nSPS) is 19.7. The molecule has 0 saturated carbocycles. The Kier molecular flexibility index (Phi) is 6.79. The van der Waals surface area contributed by atoms with Crippen LogP contribution in [-0.2, 0) is 11.3 Å². The van der Waals surface area contributed by atoms with Crippen LogP contribution in [0.25, 0.3) is 0 Å². The Balaban J connectivity index is 1.92. The van der Waals surface area contributed by atoms with E-state index >= 15 is 0 Å². The highest BCUT2D eigenvalue weighted by Crippen LogP contribution is 2.19. The van der Waals surface area contributed by atoms with Crippen LogP contribution in [0.3, 0.4) is 0 Å². The maximum Gasteiger partial charge on any atom is 0.335 e. The van der Waals surface area contributed by atoms with Crippen LogP contribution in [0.5, 0.6) is 0 Å². The number of amides is 1. The number of aromatic carboxylic acids is 1. The standard InChI is InChI=1S/C19H28N2O3/c1-3-6-14(2)20-18(22)17-9-5-10-21(13-17)12-15-7-4-8-16(11-15)19(23)24/h4,7-8,11,14,17H,3,5-6,9-10,12-13H2,1-2H3,(H,20,22)(H,23,24). The van der Waals surface area contributed by atoms with Gasteiger partial charge in [-0.25, -0.2) is 4.79 Å². The van der Waals surface area contributed by atoms with Crippen molar-refractivity contribution in [1.82, 2.24) is 10.2 Å². The van der Waals surface area contributed by atoms with Gasteiger partial charge in [0.05, 0.1) is 11.5 Å². The Morgan fingerprint density at radius 2 is 2.21 bits per heavy atom. The summed E-state index contributed by atoms with van der Waals surface area (Å²) in [6.07, 6.45) is 4.00. The van der Waals surface area contributed by atoms with Crippen LogP contribution in [0.2, 0.25) is 0 Å². The number of nitrogens with one attached hydrogen (secondary N) is 1. The van der Waals surface area contributed by atoms with Gasteiger partial charge in [-0.15, -0.1) is 0 Å². The Labute approximate surface area is 144 Å². The second kappa shape index (κ2) is 8.83. The highest BCUT2D eigenvalue weighted by Gasteiger charge is 2.26. The van der Waals surface area contributed by atoms with Gasteiger partial charge in [0.25, 0.3) is 0 Å². The van der Waals surface area contributed by atoms with E-state index in [4.69, 9.17) is 5.11 Å². The third kappa shape index (κ3) is 5.34. The highest BCUT2D eigenvalue weighted by molar-refractivity contribution is 5.87. The van der Waals surface area contributed by atoms with Crippen LogP contribution >= 0.6 is 0 Å². The van der Waals surface area contributed by atoms with Crippen LogP contribution in [0.1, 0.15) is 55.5 Å². The molecule has 1 aliphatic rings. The van der Waals surface area contributed by atoms with Gasteiger partial charge in [-0.1, -0.05) is 25.5 Å². The molecule has 132 valence electrons. The zero-order chi connectivity index (χ0) is 17.5. The van der Waals surface area contributed by atoms with E-state index in [1.807, 2.05) is 6.07 Å². The Bertz CT molecular complexity index is 573. The molecule has 1 fully saturated rings. The molecule has 1 aromatic carbocycles. The van der Waals surface area contributed by atoms with Gasteiger partial charge in [-0.3, -0.25) is 9.69 Å². The minimum Gasteiger partial charge on any atom is -0.478 e. The quantitative estimate of drug-likeness (QED) is 0.805. The summed E-state index contributed by atoms with van der Waals surface area (Å²) in [7, 11) is 0. The monoisotopic (exact) mass is 332 g/mol. The molecule has 2 atom stereocenters. The third-order valence-corrected chi connectivity index (χ3v) is 4.57. The molecule has 24 heavy (non-hydrogen) atoms. The molecule has 0 spiro atoms. The lowest BCUT2D eigenvalue weighted by molar-refractivity contribution is -0.127. The van der Waals surface area contributed by atoms with E-state index in [2.05, 4.69) is 24.1 Å². The summed E-state index contributed by atoms with van der Waals surface area (Å²) in [5.74, 6) is -0.724. The van der Waals surface area contributed by atoms with E-state index < -0.39 is 5.97 Å². The first-order chi connectivity index (χ1) is 11.5. The lowest BCUT2D eigenvalue weighted by atomic mass is 9.96. The van der Waals surface area contributed by atoms with Gasteiger partial charge < -0.3 is 10.4 Å². The maximum absolute atomic E-state index is 12.4. The van der Waals surface area contributed by atoms with Crippen LogP contribution in [-0.4, -0.2) is 41.0 Å². The SMILES string of the molecule is CCCC(C)NC(=O)C1CCCN(Cc2cccc(C(=O)O)c2)C1. The zero-order valence-electron chi connectivity index (χ0n) is 14.6. The Hall–Kier alpha value is -1.88. The molecular formula is C19H28N2O3. The molecule has 0 radical (unpaired) electrons. The van der Waals surface area contributed by atoms with Crippen LogP contribution < -0.4 is 5.32 Å². The van der Waals surface area contributed by atoms with E-state index in [1.165, 1.54) is 0 Å². The van der Waals surface area contributed by atoms with Gasteiger partial charge in [-0.05, 0) is 50.4 Å². The fraction of sp³-hybridized carbons (Fsp3) is 0.579. The van der Waals surface area contributed by atoms with Crippen LogP contribution in [0.15, 0.2) is 24.3 Å². The number of carbonyl (C=O) groups excluding carboxylic acids is 1. The number of benzene rings is 1. The number of hydrogen-bond acceptors (Lipinski definition) is 3. The number of hydrogen-bond donors (Lipinski definition) is 2. The number of carboxylic acid groups (broad SMARTS) is 1. The number of likely N-dealkylation sites (tertiary alicyclic amines) is 1. The molecule has 5 nitrogen and oxygen atoms in total. The fourth-order valence-corrected chi connectivity index (χ4v) is 3.34. The van der Waals surface area contributed by atoms with Crippen molar-refractivity contribution in [2.45, 2.75) is 52.1 Å². The smallest absolute Gasteiger partial charge is 0.335 e. The fourth-order valence-electron chi connectivity index (χ4n) is 3.34. The molecule has 0 bridgehead atoms. The molecule has 2 rings (SSSR count). The number of carbonyl (C=O) groups is 2. The van der Waals surface area contributed by atoms with Crippen molar-refractivity contribution in [2.75, 3.05) is 13.1 Å². The van der Waals surface area contributed by atoms with Crippen molar-refractivity contribution < 1.29 is 14.7 Å². The van der Waals surface area contributed by atoms with Gasteiger partial charge in [0.2, 0.25) is 5.91 Å². The first-order valence-corrected chi connectivity index (χ1v) is 8.84. The van der Waals surface area contributed by atoms with Gasteiger partial charge in [0, 0.05) is 19.1 Å². The molecule has 0 aromatic heterocycles. The second-order valence-electron chi connectivity index (χ2n) is 6.78. The molecule has 0 aliphatic carbocycles. The first kappa shape index (κ1) is 18.5. The topological polar surface area (TPSA) is 69.6 Å². The summed E-state index contributed by atoms with van der Waals surface area (Å²) in [5.41, 5.74) is 1.29. The van der Waals surface area contributed by atoms with E-state index in [-0.39, 0.29) is 17.9 Å². The minimum atomic E-state index is -0.905. The lowest BCUT2D eigenvalue weighted by Gasteiger charge is -2.32. The predicted octanol–water partition coefficient (Wildman–Crippen LogP) is 2.90. The average Bonchev–Trinajstić information content (AvgIpc) is 2.55. The van der Waals surface area contributed by atoms with Crippen molar-refractivity contribution in [3.05, 3.63) is 35.4 Å². The highest BCUT2D eigenvalue weighted by atomic mass is 16.4. The summed E-state index contributed by atoms with van der Waals surface area (Å²) < 4.78 is 0. The number of nitrogens with zero attached hydrogens (tertiary/aromatic N) is 1. The molecule has 1 saturated heterocycles. The molecular weight excluding hydrogens is 304 g/mol. The maximum atomic E-state index is 12.4. The number of piperidine rings is 1. The molecule has 1 heterocycles. The molecule has 1 aliphatic heterocycles. The summed E-state index contributed by atoms with van der Waals surface area (Å²) in [6, 6.07) is 7.27. The van der Waals surface area contributed by atoms with E-state index in [1.54, 1.807) is 18.2 Å². The van der Waals surface area contributed by atoms with Crippen molar-refractivity contribution in [3.8, 4) is 0 Å². The Morgan fingerprint density at radius 3 is 2.92 bits per heavy atom. The summed E-state index contributed by atoms with van der Waals surface area (Å²) >= 11 is 0. The summed E-state index contributed by atoms with van der Waals surface area (Å²) in [4.78, 5) is 25.7. The van der Waals surface area contributed by atoms with Crippen LogP contribution in [0, 0.1) is 5.92 Å². The molecule has 2 N–H and O–H groups in total. The minimum absolute atomic E-state index is 0.0284. The van der Waals surface area contributed by atoms with Crippen molar-refractivity contribution in [1.29, 1.82) is 0 Å². The number of rotatable bonds is 7. The second-order valence-corrected chi connectivity index (χ2v) is 6.78. The van der Waals surface area contributed by atoms with Crippen molar-refractivity contribution in [3.63, 3.8) is 0 Å². The number of carboxylic acids is 1. The Morgan fingerprint density at radius 1 is 1.42 bits per heavy atom. The lowest BCUT2D eigenvalue weighted by Crippen LogP contribution is -2.45. The molecule has 1 amide bonds. The van der Waals surface area contributed by atoms with Gasteiger partial charge in [0.1, 0.15) is 0 Å². The molecule has 1 aromatic rings. The van der Waals surface area contributed by atoms with Gasteiger partial charge in [0.15, 0.2) is 0 Å². The van der Waals surface area contributed by atoms with Crippen molar-refractivity contribution in [2.24, 2.45) is 5.92 Å². The predicted molar refractivity (Wildman–Crippen MR) is 93.9 cm³/mol. The summed E-state index contributed by atoms with van der Waals surface area (Å²) in [5, 5.41) is 12.2. The first-order valence-electron chi connectivity index (χ1n) is 8.84.